The summed E-state index contributed by atoms with van der Waals surface area (Å²) in [6.07, 6.45) is 3.35. The van der Waals surface area contributed by atoms with Crippen LogP contribution < -0.4 is 5.32 Å². The van der Waals surface area contributed by atoms with Crippen molar-refractivity contribution in [2.24, 2.45) is 5.11 Å². The number of azide groups is 1. The fourth-order valence-corrected chi connectivity index (χ4v) is 1.36. The van der Waals surface area contributed by atoms with Crippen molar-refractivity contribution >= 4 is 0 Å². The Morgan fingerprint density at radius 3 is 3.25 bits per heavy atom. The van der Waals surface area contributed by atoms with Gasteiger partial charge in [-0.3, -0.25) is 5.32 Å². The molecule has 1 rings (SSSR count). The minimum absolute atomic E-state index is 0.328. The Kier molecular flexibility index (Phi) is 4.86. The van der Waals surface area contributed by atoms with Crippen LogP contribution >= 0.6 is 0 Å². The van der Waals surface area contributed by atoms with Crippen molar-refractivity contribution in [3.63, 3.8) is 0 Å². The second-order valence-corrected chi connectivity index (χ2v) is 3.08. The van der Waals surface area contributed by atoms with E-state index < -0.39 is 6.04 Å². The van der Waals surface area contributed by atoms with Gasteiger partial charge >= 0.3 is 0 Å². The fraction of sp³-hybridized carbons (Fsp3) is 0.556. The van der Waals surface area contributed by atoms with E-state index in [1.54, 1.807) is 12.5 Å². The molecule has 1 atom stereocenters. The third-order valence-electron chi connectivity index (χ3n) is 2.13. The quantitative estimate of drug-likeness (QED) is 0.338. The number of nitriles is 1. The van der Waals surface area contributed by atoms with Crippen LogP contribution in [0.25, 0.3) is 10.4 Å². The Hall–Kier alpha value is -2.03. The molecule has 1 aromatic heterocycles. The van der Waals surface area contributed by atoms with E-state index in [1.807, 2.05) is 11.5 Å². The minimum atomic E-state index is -0.420. The first-order valence-corrected chi connectivity index (χ1v) is 4.97. The molecular formula is C9H13N7. The van der Waals surface area contributed by atoms with E-state index >= 15 is 0 Å². The average molecular weight is 219 g/mol. The molecule has 1 aromatic rings. The molecule has 1 N–H and O–H groups in total. The molecule has 0 aliphatic carbocycles. The molecule has 0 aliphatic rings. The van der Waals surface area contributed by atoms with E-state index in [9.17, 15) is 0 Å². The second-order valence-electron chi connectivity index (χ2n) is 3.08. The fourth-order valence-electron chi connectivity index (χ4n) is 1.36. The molecule has 0 saturated carbocycles. The molecule has 7 nitrogen and oxygen atoms in total. The lowest BCUT2D eigenvalue weighted by Gasteiger charge is -2.12. The molecular weight excluding hydrogens is 206 g/mol. The van der Waals surface area contributed by atoms with E-state index in [0.29, 0.717) is 13.1 Å². The van der Waals surface area contributed by atoms with Crippen molar-refractivity contribution in [1.82, 2.24) is 14.9 Å². The Morgan fingerprint density at radius 1 is 1.81 bits per heavy atom. The van der Waals surface area contributed by atoms with Gasteiger partial charge in [-0.2, -0.15) is 5.26 Å². The van der Waals surface area contributed by atoms with E-state index in [0.717, 1.165) is 12.2 Å². The van der Waals surface area contributed by atoms with Crippen molar-refractivity contribution in [2.75, 3.05) is 13.1 Å². The predicted octanol–water partition coefficient (Wildman–Crippen LogP) is 1.37. The van der Waals surface area contributed by atoms with Gasteiger partial charge in [0.15, 0.2) is 0 Å². The van der Waals surface area contributed by atoms with Crippen molar-refractivity contribution in [2.45, 2.75) is 19.5 Å². The minimum Gasteiger partial charge on any atom is -0.333 e. The number of imidazole rings is 1. The first-order chi connectivity index (χ1) is 7.83. The average Bonchev–Trinajstić information content (AvgIpc) is 2.77. The van der Waals surface area contributed by atoms with E-state index in [-0.39, 0.29) is 0 Å². The maximum Gasteiger partial charge on any atom is 0.138 e. The molecule has 0 bridgehead atoms. The Labute approximate surface area is 93.3 Å². The summed E-state index contributed by atoms with van der Waals surface area (Å²) in [5.74, 6) is 0. The number of nitrogens with one attached hydrogen (secondary N) is 1. The van der Waals surface area contributed by atoms with Crippen LogP contribution in [0.15, 0.2) is 17.6 Å². The smallest absolute Gasteiger partial charge is 0.138 e. The van der Waals surface area contributed by atoms with Crippen LogP contribution in [0.5, 0.6) is 0 Å². The third-order valence-corrected chi connectivity index (χ3v) is 2.13. The van der Waals surface area contributed by atoms with Crippen LogP contribution in [0.2, 0.25) is 0 Å². The summed E-state index contributed by atoms with van der Waals surface area (Å²) >= 11 is 0. The number of hydrogen-bond acceptors (Lipinski definition) is 4. The molecule has 0 aliphatic heterocycles. The van der Waals surface area contributed by atoms with Gasteiger partial charge in [0, 0.05) is 24.5 Å². The summed E-state index contributed by atoms with van der Waals surface area (Å²) in [5.41, 5.74) is 8.93. The van der Waals surface area contributed by atoms with E-state index in [1.165, 1.54) is 0 Å². The molecule has 1 unspecified atom stereocenters. The maximum absolute atomic E-state index is 9.02. The highest BCUT2D eigenvalue weighted by atomic mass is 15.1. The van der Waals surface area contributed by atoms with Gasteiger partial charge in [0.05, 0.1) is 24.3 Å². The zero-order valence-corrected chi connectivity index (χ0v) is 9.04. The SMILES string of the molecule is CCn1cncc1C(C#N)NCCN=[N+]=[N-]. The molecule has 0 spiro atoms. The zero-order chi connectivity index (χ0) is 11.8. The van der Waals surface area contributed by atoms with Crippen molar-refractivity contribution in [3.05, 3.63) is 28.7 Å². The van der Waals surface area contributed by atoms with Crippen LogP contribution in [0.1, 0.15) is 18.7 Å². The molecule has 0 amide bonds. The van der Waals surface area contributed by atoms with Crippen LogP contribution in [0.3, 0.4) is 0 Å². The first-order valence-electron chi connectivity index (χ1n) is 4.97. The van der Waals surface area contributed by atoms with Crippen LogP contribution in [0, 0.1) is 11.3 Å². The number of rotatable bonds is 6. The van der Waals surface area contributed by atoms with Gasteiger partial charge in [-0.15, -0.1) is 0 Å². The topological polar surface area (TPSA) is 102 Å². The third kappa shape index (κ3) is 2.98. The lowest BCUT2D eigenvalue weighted by Crippen LogP contribution is -2.24. The van der Waals surface area contributed by atoms with Gasteiger partial charge < -0.3 is 4.57 Å². The summed E-state index contributed by atoms with van der Waals surface area (Å²) in [4.78, 5) is 6.64. The molecule has 0 aromatic carbocycles. The van der Waals surface area contributed by atoms with Gasteiger partial charge in [0.2, 0.25) is 0 Å². The lowest BCUT2D eigenvalue weighted by atomic mass is 10.2. The summed E-state index contributed by atoms with van der Waals surface area (Å²) in [7, 11) is 0. The van der Waals surface area contributed by atoms with Crippen molar-refractivity contribution in [1.29, 1.82) is 5.26 Å². The normalized spacial score (nSPS) is 11.5. The van der Waals surface area contributed by atoms with Gasteiger partial charge in [-0.25, -0.2) is 4.98 Å². The highest BCUT2D eigenvalue weighted by Crippen LogP contribution is 2.10. The standard InChI is InChI=1S/C9H13N7/c1-2-16-7-12-6-9(16)8(5-10)13-3-4-14-15-11/h6-8,13H,2-4H2,1H3. The summed E-state index contributed by atoms with van der Waals surface area (Å²) in [6.45, 7) is 3.55. The predicted molar refractivity (Wildman–Crippen MR) is 58.3 cm³/mol. The van der Waals surface area contributed by atoms with Gasteiger partial charge in [0.1, 0.15) is 6.04 Å². The van der Waals surface area contributed by atoms with Crippen LogP contribution in [-0.4, -0.2) is 22.6 Å². The van der Waals surface area contributed by atoms with Crippen molar-refractivity contribution < 1.29 is 0 Å². The molecule has 0 radical (unpaired) electrons. The highest BCUT2D eigenvalue weighted by molar-refractivity contribution is 5.13. The number of aromatic nitrogens is 2. The lowest BCUT2D eigenvalue weighted by molar-refractivity contribution is 0.584. The molecule has 7 heteroatoms. The molecule has 84 valence electrons. The van der Waals surface area contributed by atoms with Crippen molar-refractivity contribution in [3.8, 4) is 6.07 Å². The maximum atomic E-state index is 9.02. The largest absolute Gasteiger partial charge is 0.333 e. The van der Waals surface area contributed by atoms with E-state index in [2.05, 4.69) is 26.4 Å². The Morgan fingerprint density at radius 2 is 2.62 bits per heavy atom. The second kappa shape index (κ2) is 6.45. The molecule has 0 fully saturated rings. The van der Waals surface area contributed by atoms with Crippen LogP contribution in [0.4, 0.5) is 0 Å². The Bertz CT molecular complexity index is 410. The molecule has 16 heavy (non-hydrogen) atoms. The molecule has 0 saturated heterocycles. The Balaban J connectivity index is 2.61. The first kappa shape index (κ1) is 12.0. The van der Waals surface area contributed by atoms with Crippen LogP contribution in [-0.2, 0) is 6.54 Å². The number of aryl methyl sites for hydroxylation is 1. The number of hydrogen-bond donors (Lipinski definition) is 1. The zero-order valence-electron chi connectivity index (χ0n) is 9.04. The van der Waals surface area contributed by atoms with Gasteiger partial charge in [0.25, 0.3) is 0 Å². The summed E-state index contributed by atoms with van der Waals surface area (Å²) in [6, 6.07) is 1.73. The summed E-state index contributed by atoms with van der Waals surface area (Å²) < 4.78 is 1.90. The van der Waals surface area contributed by atoms with Gasteiger partial charge in [-0.05, 0) is 12.5 Å². The van der Waals surface area contributed by atoms with E-state index in [4.69, 9.17) is 10.8 Å². The monoisotopic (exact) mass is 219 g/mol. The number of nitrogens with zero attached hydrogens (tertiary/aromatic N) is 6. The van der Waals surface area contributed by atoms with Gasteiger partial charge in [-0.1, -0.05) is 5.11 Å². The molecule has 1 heterocycles. The highest BCUT2D eigenvalue weighted by Gasteiger charge is 2.13. The summed E-state index contributed by atoms with van der Waals surface area (Å²) in [5, 5.41) is 15.4.